The number of benzene rings is 1. The van der Waals surface area contributed by atoms with Crippen LogP contribution in [0.1, 0.15) is 11.1 Å². The van der Waals surface area contributed by atoms with Crippen molar-refractivity contribution in [2.75, 3.05) is 0 Å². The number of nitrogens with zero attached hydrogens (tertiary/aromatic N) is 1. The molecule has 0 N–H and O–H groups in total. The van der Waals surface area contributed by atoms with E-state index in [1.165, 1.54) is 11.1 Å². The van der Waals surface area contributed by atoms with Gasteiger partial charge in [0.2, 0.25) is 0 Å². The van der Waals surface area contributed by atoms with E-state index in [2.05, 4.69) is 62.9 Å². The van der Waals surface area contributed by atoms with Gasteiger partial charge in [0, 0.05) is 14.3 Å². The van der Waals surface area contributed by atoms with E-state index in [-0.39, 0.29) is 0 Å². The summed E-state index contributed by atoms with van der Waals surface area (Å²) >= 11 is 0. The fourth-order valence-corrected chi connectivity index (χ4v) is 2.06. The average molecular weight is 219 g/mol. The van der Waals surface area contributed by atoms with E-state index >= 15 is 0 Å². The standard InChI is InChI=1S/C13H21NSi/c1-11-7-6-8-12(2)13(11)14-9-10-15(3,4)5/h6-9H,10H2,1-5H3. The Kier molecular flexibility index (Phi) is 3.86. The molecule has 0 aliphatic carbocycles. The summed E-state index contributed by atoms with van der Waals surface area (Å²) in [4.78, 5) is 4.60. The molecule has 0 aliphatic heterocycles. The number of para-hydroxylation sites is 1. The van der Waals surface area contributed by atoms with Crippen LogP contribution in [0.25, 0.3) is 0 Å². The van der Waals surface area contributed by atoms with Crippen LogP contribution in [0.15, 0.2) is 23.2 Å². The summed E-state index contributed by atoms with van der Waals surface area (Å²) in [6, 6.07) is 7.48. The SMILES string of the molecule is Cc1cccc(C)c1N=CC[Si](C)(C)C. The molecular formula is C13H21NSi. The summed E-state index contributed by atoms with van der Waals surface area (Å²) in [5.41, 5.74) is 3.68. The van der Waals surface area contributed by atoms with Crippen molar-refractivity contribution < 1.29 is 0 Å². The Morgan fingerprint density at radius 3 is 2.13 bits per heavy atom. The third-order valence-corrected chi connectivity index (χ3v) is 3.77. The monoisotopic (exact) mass is 219 g/mol. The molecule has 0 saturated carbocycles. The molecular weight excluding hydrogens is 198 g/mol. The van der Waals surface area contributed by atoms with Gasteiger partial charge in [-0.25, -0.2) is 0 Å². The van der Waals surface area contributed by atoms with E-state index < -0.39 is 8.07 Å². The van der Waals surface area contributed by atoms with Crippen LogP contribution in [0.2, 0.25) is 25.7 Å². The average Bonchev–Trinajstić information content (AvgIpc) is 2.08. The van der Waals surface area contributed by atoms with Crippen LogP contribution in [-0.4, -0.2) is 14.3 Å². The second kappa shape index (κ2) is 4.75. The molecule has 0 spiro atoms. The fraction of sp³-hybridized carbons (Fsp3) is 0.462. The van der Waals surface area contributed by atoms with Crippen molar-refractivity contribution >= 4 is 20.0 Å². The molecule has 0 radical (unpaired) electrons. The Morgan fingerprint density at radius 1 is 1.13 bits per heavy atom. The molecule has 1 nitrogen and oxygen atoms in total. The summed E-state index contributed by atoms with van der Waals surface area (Å²) < 4.78 is 0. The van der Waals surface area contributed by atoms with Gasteiger partial charge in [-0.3, -0.25) is 4.99 Å². The molecule has 0 unspecified atom stereocenters. The van der Waals surface area contributed by atoms with E-state index in [4.69, 9.17) is 0 Å². The summed E-state index contributed by atoms with van der Waals surface area (Å²) in [6.07, 6.45) is 2.10. The maximum absolute atomic E-state index is 4.60. The lowest BCUT2D eigenvalue weighted by molar-refractivity contribution is 1.33. The predicted octanol–water partition coefficient (Wildman–Crippen LogP) is 4.34. The topological polar surface area (TPSA) is 12.4 Å². The highest BCUT2D eigenvalue weighted by molar-refractivity contribution is 6.78. The summed E-state index contributed by atoms with van der Waals surface area (Å²) in [5.74, 6) is 0. The number of rotatable bonds is 3. The predicted molar refractivity (Wildman–Crippen MR) is 72.2 cm³/mol. The van der Waals surface area contributed by atoms with Crippen molar-refractivity contribution in [3.05, 3.63) is 29.3 Å². The lowest BCUT2D eigenvalue weighted by Crippen LogP contribution is -2.19. The molecule has 15 heavy (non-hydrogen) atoms. The van der Waals surface area contributed by atoms with Crippen LogP contribution in [-0.2, 0) is 0 Å². The van der Waals surface area contributed by atoms with Gasteiger partial charge in [0.15, 0.2) is 0 Å². The van der Waals surface area contributed by atoms with Crippen LogP contribution in [0.5, 0.6) is 0 Å². The maximum Gasteiger partial charge on any atom is 0.0683 e. The molecule has 2 heteroatoms. The second-order valence-corrected chi connectivity index (χ2v) is 10.8. The number of hydrogen-bond acceptors (Lipinski definition) is 1. The number of aryl methyl sites for hydroxylation is 2. The van der Waals surface area contributed by atoms with Gasteiger partial charge in [0.05, 0.1) is 5.69 Å². The minimum absolute atomic E-state index is 0.995. The van der Waals surface area contributed by atoms with Crippen molar-refractivity contribution in [3.63, 3.8) is 0 Å². The Labute approximate surface area is 94.3 Å². The summed E-state index contributed by atoms with van der Waals surface area (Å²) in [5, 5.41) is 0. The lowest BCUT2D eigenvalue weighted by Gasteiger charge is -2.11. The van der Waals surface area contributed by atoms with Gasteiger partial charge in [0.25, 0.3) is 0 Å². The Morgan fingerprint density at radius 2 is 1.67 bits per heavy atom. The van der Waals surface area contributed by atoms with Gasteiger partial charge in [-0.05, 0) is 31.0 Å². The third kappa shape index (κ3) is 4.00. The number of aliphatic imine (C=N–C) groups is 1. The minimum Gasteiger partial charge on any atom is -0.261 e. The molecule has 1 aromatic carbocycles. The van der Waals surface area contributed by atoms with Crippen molar-refractivity contribution in [2.24, 2.45) is 4.99 Å². The first-order valence-electron chi connectivity index (χ1n) is 5.49. The first kappa shape index (κ1) is 12.2. The molecule has 0 aromatic heterocycles. The summed E-state index contributed by atoms with van der Waals surface area (Å²) in [7, 11) is -0.995. The van der Waals surface area contributed by atoms with E-state index in [0.29, 0.717) is 0 Å². The largest absolute Gasteiger partial charge is 0.261 e. The van der Waals surface area contributed by atoms with Gasteiger partial charge < -0.3 is 0 Å². The van der Waals surface area contributed by atoms with E-state index in [0.717, 1.165) is 11.7 Å². The van der Waals surface area contributed by atoms with Gasteiger partial charge in [0.1, 0.15) is 0 Å². The normalized spacial score (nSPS) is 12.3. The maximum atomic E-state index is 4.60. The second-order valence-electron chi connectivity index (χ2n) is 5.32. The Bertz CT molecular complexity index is 341. The molecule has 0 atom stereocenters. The van der Waals surface area contributed by atoms with Gasteiger partial charge in [-0.15, -0.1) is 0 Å². The van der Waals surface area contributed by atoms with Gasteiger partial charge >= 0.3 is 0 Å². The minimum atomic E-state index is -0.995. The van der Waals surface area contributed by atoms with Crippen LogP contribution < -0.4 is 0 Å². The lowest BCUT2D eigenvalue weighted by atomic mass is 10.1. The molecule has 0 aliphatic rings. The fourth-order valence-electron chi connectivity index (χ4n) is 1.42. The molecule has 82 valence electrons. The highest BCUT2D eigenvalue weighted by Crippen LogP contribution is 2.22. The van der Waals surface area contributed by atoms with E-state index in [1.54, 1.807) is 0 Å². The van der Waals surface area contributed by atoms with Gasteiger partial charge in [-0.1, -0.05) is 37.8 Å². The van der Waals surface area contributed by atoms with Crippen molar-refractivity contribution in [1.82, 2.24) is 0 Å². The molecule has 1 aromatic rings. The highest BCUT2D eigenvalue weighted by atomic mass is 28.3. The first-order chi connectivity index (χ1) is 6.90. The molecule has 0 fully saturated rings. The van der Waals surface area contributed by atoms with Crippen LogP contribution in [0, 0.1) is 13.8 Å². The van der Waals surface area contributed by atoms with Crippen molar-refractivity contribution in [2.45, 2.75) is 39.5 Å². The van der Waals surface area contributed by atoms with Crippen molar-refractivity contribution in [1.29, 1.82) is 0 Å². The molecule has 0 amide bonds. The molecule has 0 bridgehead atoms. The molecule has 0 saturated heterocycles. The number of hydrogen-bond donors (Lipinski definition) is 0. The molecule has 0 heterocycles. The van der Waals surface area contributed by atoms with Crippen LogP contribution >= 0.6 is 0 Å². The highest BCUT2D eigenvalue weighted by Gasteiger charge is 2.10. The Hall–Kier alpha value is -0.893. The first-order valence-corrected chi connectivity index (χ1v) is 9.19. The molecule has 1 rings (SSSR count). The van der Waals surface area contributed by atoms with E-state index in [9.17, 15) is 0 Å². The third-order valence-electron chi connectivity index (χ3n) is 2.36. The van der Waals surface area contributed by atoms with Crippen molar-refractivity contribution in [3.8, 4) is 0 Å². The van der Waals surface area contributed by atoms with Crippen LogP contribution in [0.3, 0.4) is 0 Å². The zero-order chi connectivity index (χ0) is 11.5. The smallest absolute Gasteiger partial charge is 0.0683 e. The zero-order valence-electron chi connectivity index (χ0n) is 10.5. The Balaban J connectivity index is 2.81. The van der Waals surface area contributed by atoms with E-state index in [1.807, 2.05) is 0 Å². The quantitative estimate of drug-likeness (QED) is 0.529. The summed E-state index contributed by atoms with van der Waals surface area (Å²) in [6.45, 7) is 11.3. The van der Waals surface area contributed by atoms with Crippen LogP contribution in [0.4, 0.5) is 5.69 Å². The van der Waals surface area contributed by atoms with Gasteiger partial charge in [-0.2, -0.15) is 0 Å². The zero-order valence-corrected chi connectivity index (χ0v) is 11.5.